The molecule has 0 aliphatic carbocycles. The standard InChI is InChI=1S/C10H12F3N5O3S/c1-21-9-3-2-7-15-16-8(18(7)17-9)6-14-22(19,20)5-4-10(11,12)13/h2-3,14H,4-6H2,1H3. The molecular formula is C10H12F3N5O3S. The van der Waals surface area contributed by atoms with Crippen molar-refractivity contribution in [2.45, 2.75) is 19.1 Å². The largest absolute Gasteiger partial charge is 0.480 e. The Morgan fingerprint density at radius 1 is 1.32 bits per heavy atom. The number of nitrogens with zero attached hydrogens (tertiary/aromatic N) is 4. The molecule has 0 aromatic carbocycles. The Hall–Kier alpha value is -1.95. The van der Waals surface area contributed by atoms with Crippen molar-refractivity contribution in [1.82, 2.24) is 24.5 Å². The minimum Gasteiger partial charge on any atom is -0.480 e. The maximum Gasteiger partial charge on any atom is 0.390 e. The van der Waals surface area contributed by atoms with E-state index in [1.807, 2.05) is 4.72 Å². The normalized spacial score (nSPS) is 12.7. The first-order chi connectivity index (χ1) is 10.2. The van der Waals surface area contributed by atoms with Crippen molar-refractivity contribution in [2.75, 3.05) is 12.9 Å². The third kappa shape index (κ3) is 4.27. The van der Waals surface area contributed by atoms with Crippen LogP contribution < -0.4 is 9.46 Å². The quantitative estimate of drug-likeness (QED) is 0.823. The van der Waals surface area contributed by atoms with Crippen LogP contribution in [0.3, 0.4) is 0 Å². The number of hydrogen-bond donors (Lipinski definition) is 1. The number of methoxy groups -OCH3 is 1. The predicted molar refractivity (Wildman–Crippen MR) is 68.6 cm³/mol. The Morgan fingerprint density at radius 3 is 2.68 bits per heavy atom. The number of aromatic nitrogens is 4. The van der Waals surface area contributed by atoms with E-state index in [-0.39, 0.29) is 18.2 Å². The average molecular weight is 339 g/mol. The fourth-order valence-electron chi connectivity index (χ4n) is 1.53. The van der Waals surface area contributed by atoms with Gasteiger partial charge in [0.2, 0.25) is 15.9 Å². The van der Waals surface area contributed by atoms with E-state index in [1.165, 1.54) is 11.6 Å². The van der Waals surface area contributed by atoms with E-state index in [0.29, 0.717) is 5.65 Å². The molecule has 0 amide bonds. The van der Waals surface area contributed by atoms with E-state index in [0.717, 1.165) is 0 Å². The van der Waals surface area contributed by atoms with E-state index in [4.69, 9.17) is 4.74 Å². The van der Waals surface area contributed by atoms with Crippen molar-refractivity contribution >= 4 is 15.7 Å². The van der Waals surface area contributed by atoms with Gasteiger partial charge >= 0.3 is 6.18 Å². The van der Waals surface area contributed by atoms with Crippen LogP contribution in [0.1, 0.15) is 12.2 Å². The zero-order valence-electron chi connectivity index (χ0n) is 11.3. The van der Waals surface area contributed by atoms with Gasteiger partial charge in [-0.3, -0.25) is 0 Å². The van der Waals surface area contributed by atoms with Crippen LogP contribution in [0.4, 0.5) is 13.2 Å². The van der Waals surface area contributed by atoms with Crippen LogP contribution in [-0.2, 0) is 16.6 Å². The maximum atomic E-state index is 12.0. The Kier molecular flexibility index (Phi) is 4.51. The van der Waals surface area contributed by atoms with Crippen molar-refractivity contribution < 1.29 is 26.3 Å². The molecule has 0 saturated carbocycles. The molecule has 12 heteroatoms. The molecule has 0 aliphatic rings. The molecule has 0 aliphatic heterocycles. The third-order valence-electron chi connectivity index (χ3n) is 2.62. The van der Waals surface area contributed by atoms with Gasteiger partial charge in [-0.2, -0.15) is 17.7 Å². The highest BCUT2D eigenvalue weighted by atomic mass is 32.2. The minimum atomic E-state index is -4.54. The van der Waals surface area contributed by atoms with Crippen LogP contribution in [0.2, 0.25) is 0 Å². The Balaban J connectivity index is 2.08. The second-order valence-electron chi connectivity index (χ2n) is 4.27. The number of halogens is 3. The summed E-state index contributed by atoms with van der Waals surface area (Å²) in [6.45, 7) is -0.332. The van der Waals surface area contributed by atoms with E-state index in [2.05, 4.69) is 15.3 Å². The number of alkyl halides is 3. The molecule has 0 spiro atoms. The van der Waals surface area contributed by atoms with Gasteiger partial charge in [0.15, 0.2) is 11.5 Å². The SMILES string of the molecule is COc1ccc2nnc(CNS(=O)(=O)CCC(F)(F)F)n2n1. The number of fused-ring (bicyclic) bond motifs is 1. The van der Waals surface area contributed by atoms with Crippen molar-refractivity contribution in [2.24, 2.45) is 0 Å². The fraction of sp³-hybridized carbons (Fsp3) is 0.500. The highest BCUT2D eigenvalue weighted by Gasteiger charge is 2.29. The second-order valence-corrected chi connectivity index (χ2v) is 6.19. The summed E-state index contributed by atoms with van der Waals surface area (Å²) in [6, 6.07) is 3.10. The smallest absolute Gasteiger partial charge is 0.390 e. The summed E-state index contributed by atoms with van der Waals surface area (Å²) < 4.78 is 67.4. The molecule has 0 bridgehead atoms. The summed E-state index contributed by atoms with van der Waals surface area (Å²) >= 11 is 0. The van der Waals surface area contributed by atoms with Gasteiger partial charge in [0.05, 0.1) is 25.8 Å². The van der Waals surface area contributed by atoms with Crippen LogP contribution in [0.25, 0.3) is 5.65 Å². The molecule has 1 N–H and O–H groups in total. The van der Waals surface area contributed by atoms with Gasteiger partial charge in [-0.15, -0.1) is 15.3 Å². The fourth-order valence-corrected chi connectivity index (χ4v) is 2.53. The number of ether oxygens (including phenoxy) is 1. The Labute approximate surface area is 123 Å². The molecule has 0 saturated heterocycles. The Morgan fingerprint density at radius 2 is 2.05 bits per heavy atom. The molecule has 0 atom stereocenters. The van der Waals surface area contributed by atoms with Gasteiger partial charge in [0.1, 0.15) is 0 Å². The van der Waals surface area contributed by atoms with Gasteiger partial charge in [-0.25, -0.2) is 13.1 Å². The highest BCUT2D eigenvalue weighted by Crippen LogP contribution is 2.19. The van der Waals surface area contributed by atoms with Crippen molar-refractivity contribution in [1.29, 1.82) is 0 Å². The van der Waals surface area contributed by atoms with Crippen LogP contribution in [-0.4, -0.2) is 47.3 Å². The molecular weight excluding hydrogens is 327 g/mol. The highest BCUT2D eigenvalue weighted by molar-refractivity contribution is 7.89. The first kappa shape index (κ1) is 16.4. The van der Waals surface area contributed by atoms with Gasteiger partial charge in [0.25, 0.3) is 0 Å². The molecule has 8 nitrogen and oxygen atoms in total. The van der Waals surface area contributed by atoms with Gasteiger partial charge in [-0.1, -0.05) is 0 Å². The van der Waals surface area contributed by atoms with E-state index in [1.54, 1.807) is 12.1 Å². The van der Waals surface area contributed by atoms with E-state index >= 15 is 0 Å². The van der Waals surface area contributed by atoms with Gasteiger partial charge in [0, 0.05) is 6.07 Å². The zero-order valence-corrected chi connectivity index (χ0v) is 12.1. The monoisotopic (exact) mass is 339 g/mol. The number of hydrogen-bond acceptors (Lipinski definition) is 6. The summed E-state index contributed by atoms with van der Waals surface area (Å²) in [7, 11) is -2.68. The van der Waals surface area contributed by atoms with Crippen LogP contribution in [0, 0.1) is 0 Å². The molecule has 0 unspecified atom stereocenters. The van der Waals surface area contributed by atoms with Crippen LogP contribution in [0.15, 0.2) is 12.1 Å². The molecule has 2 rings (SSSR count). The number of nitrogens with one attached hydrogen (secondary N) is 1. The van der Waals surface area contributed by atoms with Crippen molar-refractivity contribution in [3.8, 4) is 5.88 Å². The summed E-state index contributed by atoms with van der Waals surface area (Å²) in [5, 5.41) is 11.5. The molecule has 0 radical (unpaired) electrons. The maximum absolute atomic E-state index is 12.0. The molecule has 122 valence electrons. The molecule has 2 aromatic rings. The molecule has 22 heavy (non-hydrogen) atoms. The summed E-state index contributed by atoms with van der Waals surface area (Å²) in [6.07, 6.45) is -5.96. The predicted octanol–water partition coefficient (Wildman–Crippen LogP) is 0.505. The van der Waals surface area contributed by atoms with Crippen molar-refractivity contribution in [3.05, 3.63) is 18.0 Å². The van der Waals surface area contributed by atoms with Crippen molar-refractivity contribution in [3.63, 3.8) is 0 Å². The lowest BCUT2D eigenvalue weighted by Crippen LogP contribution is -2.29. The lowest BCUT2D eigenvalue weighted by Gasteiger charge is -2.08. The Bertz CT molecular complexity index is 759. The van der Waals surface area contributed by atoms with Crippen LogP contribution in [0.5, 0.6) is 5.88 Å². The summed E-state index contributed by atoms with van der Waals surface area (Å²) in [5.74, 6) is -0.665. The number of rotatable bonds is 6. The first-order valence-corrected chi connectivity index (χ1v) is 7.65. The molecule has 2 heterocycles. The lowest BCUT2D eigenvalue weighted by atomic mass is 10.5. The van der Waals surface area contributed by atoms with Gasteiger partial charge < -0.3 is 4.74 Å². The topological polar surface area (TPSA) is 98.5 Å². The first-order valence-electron chi connectivity index (χ1n) is 5.99. The third-order valence-corrected chi connectivity index (χ3v) is 3.94. The van der Waals surface area contributed by atoms with E-state index < -0.39 is 28.4 Å². The lowest BCUT2D eigenvalue weighted by molar-refractivity contribution is -0.129. The summed E-state index contributed by atoms with van der Waals surface area (Å²) in [4.78, 5) is 0. The zero-order chi connectivity index (χ0) is 16.4. The van der Waals surface area contributed by atoms with E-state index in [9.17, 15) is 21.6 Å². The number of sulfonamides is 1. The van der Waals surface area contributed by atoms with Gasteiger partial charge in [-0.05, 0) is 6.07 Å². The summed E-state index contributed by atoms with van der Waals surface area (Å²) in [5.41, 5.74) is 0.352. The second kappa shape index (κ2) is 6.04. The average Bonchev–Trinajstić information content (AvgIpc) is 2.85. The minimum absolute atomic E-state index is 0.129. The van der Waals surface area contributed by atoms with Crippen LogP contribution >= 0.6 is 0 Å². The molecule has 0 fully saturated rings. The molecule has 2 aromatic heterocycles.